The highest BCUT2D eigenvalue weighted by Gasteiger charge is 2.51. The van der Waals surface area contributed by atoms with Crippen molar-refractivity contribution in [3.8, 4) is 78.7 Å². The molecule has 1 aromatic heterocycles. The minimum Gasteiger partial charge on any atom is -0.238 e. The zero-order chi connectivity index (χ0) is 37.9. The Hall–Kier alpha value is -7.74. The van der Waals surface area contributed by atoms with E-state index in [1.807, 2.05) is 42.5 Å². The topological polar surface area (TPSA) is 43.0 Å². The van der Waals surface area contributed by atoms with Gasteiger partial charge >= 0.3 is 0 Å². The van der Waals surface area contributed by atoms with Crippen molar-refractivity contribution in [2.24, 2.45) is 0 Å². The maximum atomic E-state index is 7.87. The minimum atomic E-state index is -0.449. The molecule has 1 spiro atoms. The molecule has 4 heteroatoms. The van der Waals surface area contributed by atoms with Gasteiger partial charge in [0.05, 0.1) is 12.0 Å². The summed E-state index contributed by atoms with van der Waals surface area (Å²) in [5.41, 5.74) is 17.3. The molecule has 0 unspecified atom stereocenters. The van der Waals surface area contributed by atoms with E-state index >= 15 is 0 Å². The van der Waals surface area contributed by atoms with Gasteiger partial charge in [0.1, 0.15) is 0 Å². The molecule has 9 aromatic rings. The second-order valence-electron chi connectivity index (χ2n) is 14.6. The molecule has 0 saturated heterocycles. The smallest absolute Gasteiger partial charge is 0.187 e. The van der Waals surface area contributed by atoms with Crippen LogP contribution in [0.3, 0.4) is 0 Å². The van der Waals surface area contributed by atoms with Gasteiger partial charge in [-0.1, -0.05) is 182 Å². The van der Waals surface area contributed by atoms with E-state index in [0.717, 1.165) is 44.5 Å². The van der Waals surface area contributed by atoms with Crippen LogP contribution in [0.4, 0.5) is 5.69 Å². The highest BCUT2D eigenvalue weighted by Crippen LogP contribution is 2.63. The normalized spacial score (nSPS) is 12.7. The van der Waals surface area contributed by atoms with E-state index in [4.69, 9.17) is 21.5 Å². The predicted molar refractivity (Wildman–Crippen MR) is 230 cm³/mol. The molecule has 0 fully saturated rings. The quantitative estimate of drug-likeness (QED) is 0.166. The lowest BCUT2D eigenvalue weighted by molar-refractivity contribution is 0.794. The average Bonchev–Trinajstić information content (AvgIpc) is 3.76. The van der Waals surface area contributed by atoms with E-state index < -0.39 is 5.41 Å². The maximum absolute atomic E-state index is 7.87. The zero-order valence-corrected chi connectivity index (χ0v) is 30.8. The average molecular weight is 725 g/mol. The van der Waals surface area contributed by atoms with Crippen molar-refractivity contribution >= 4 is 5.69 Å². The Kier molecular flexibility index (Phi) is 7.42. The Morgan fingerprint density at radius 1 is 0.316 bits per heavy atom. The summed E-state index contributed by atoms with van der Waals surface area (Å²) in [6.07, 6.45) is 0. The highest BCUT2D eigenvalue weighted by atomic mass is 15.0. The number of hydrogen-bond donors (Lipinski definition) is 0. The summed E-state index contributed by atoms with van der Waals surface area (Å²) in [5.74, 6) is 1.88. The number of aromatic nitrogens is 3. The molecule has 0 bridgehead atoms. The van der Waals surface area contributed by atoms with E-state index in [1.165, 1.54) is 38.9 Å². The van der Waals surface area contributed by atoms with Crippen molar-refractivity contribution in [3.63, 3.8) is 0 Å². The summed E-state index contributed by atoms with van der Waals surface area (Å²) in [5, 5.41) is 0. The summed E-state index contributed by atoms with van der Waals surface area (Å²) >= 11 is 0. The Morgan fingerprint density at radius 3 is 1.23 bits per heavy atom. The lowest BCUT2D eigenvalue weighted by Gasteiger charge is -2.30. The molecule has 2 aliphatic rings. The van der Waals surface area contributed by atoms with Crippen molar-refractivity contribution in [1.29, 1.82) is 0 Å². The first-order valence-electron chi connectivity index (χ1n) is 19.1. The zero-order valence-electron chi connectivity index (χ0n) is 30.8. The van der Waals surface area contributed by atoms with Crippen molar-refractivity contribution in [2.45, 2.75) is 5.41 Å². The molecule has 0 radical (unpaired) electrons. The molecule has 0 saturated carbocycles. The lowest BCUT2D eigenvalue weighted by Crippen LogP contribution is -2.25. The molecule has 11 rings (SSSR count). The summed E-state index contributed by atoms with van der Waals surface area (Å²) in [4.78, 5) is 18.8. The number of hydrogen-bond acceptors (Lipinski definition) is 3. The third-order valence-electron chi connectivity index (χ3n) is 11.6. The van der Waals surface area contributed by atoms with Crippen LogP contribution in [0, 0.1) is 6.57 Å². The third kappa shape index (κ3) is 5.10. The van der Waals surface area contributed by atoms with Crippen molar-refractivity contribution in [2.75, 3.05) is 0 Å². The fourth-order valence-electron chi connectivity index (χ4n) is 8.99. The Bertz CT molecular complexity index is 3010. The molecule has 8 aromatic carbocycles. The number of fused-ring (bicyclic) bond motifs is 10. The molecule has 264 valence electrons. The molecule has 0 atom stereocenters. The fourth-order valence-corrected chi connectivity index (χ4v) is 8.99. The van der Waals surface area contributed by atoms with Crippen LogP contribution in [0.2, 0.25) is 0 Å². The van der Waals surface area contributed by atoms with Gasteiger partial charge in [-0.15, -0.1) is 0 Å². The predicted octanol–water partition coefficient (Wildman–Crippen LogP) is 13.1. The molecule has 1 heterocycles. The standard InChI is InChI=1S/C53H32N4/c1-54-41-29-31-49-45(33-41)44-32-40(28-30-48(44)53(49)46-18-10-8-16-42(46)43-17-9-11-19-47(43)53)36-22-26-39(27-23-36)52-56-50(37-14-6-3-7-15-37)55-51(57-52)38-24-20-35(21-25-38)34-12-4-2-5-13-34/h2-33H. The molecule has 0 amide bonds. The van der Waals surface area contributed by atoms with Gasteiger partial charge in [-0.05, 0) is 78.9 Å². The van der Waals surface area contributed by atoms with Crippen LogP contribution in [0.1, 0.15) is 22.3 Å². The van der Waals surface area contributed by atoms with Crippen molar-refractivity contribution < 1.29 is 0 Å². The van der Waals surface area contributed by atoms with Crippen LogP contribution >= 0.6 is 0 Å². The Morgan fingerprint density at radius 2 is 0.684 bits per heavy atom. The minimum absolute atomic E-state index is 0.449. The van der Waals surface area contributed by atoms with Gasteiger partial charge in [0.15, 0.2) is 23.2 Å². The van der Waals surface area contributed by atoms with Crippen LogP contribution in [0.5, 0.6) is 0 Å². The molecule has 57 heavy (non-hydrogen) atoms. The molecular weight excluding hydrogens is 693 g/mol. The van der Waals surface area contributed by atoms with Crippen LogP contribution < -0.4 is 0 Å². The van der Waals surface area contributed by atoms with E-state index in [1.54, 1.807) is 0 Å². The van der Waals surface area contributed by atoms with Gasteiger partial charge in [-0.25, -0.2) is 19.8 Å². The maximum Gasteiger partial charge on any atom is 0.187 e. The highest BCUT2D eigenvalue weighted by molar-refractivity contribution is 5.97. The van der Waals surface area contributed by atoms with E-state index in [2.05, 4.69) is 157 Å². The molecule has 0 aliphatic heterocycles. The van der Waals surface area contributed by atoms with Crippen LogP contribution in [0.25, 0.3) is 83.5 Å². The van der Waals surface area contributed by atoms with Gasteiger partial charge in [0.2, 0.25) is 0 Å². The molecule has 0 N–H and O–H groups in total. The Balaban J connectivity index is 1.00. The van der Waals surface area contributed by atoms with E-state index in [-0.39, 0.29) is 0 Å². The number of benzene rings is 8. The van der Waals surface area contributed by atoms with Gasteiger partial charge in [0, 0.05) is 16.7 Å². The summed E-state index contributed by atoms with van der Waals surface area (Å²) in [6.45, 7) is 7.87. The van der Waals surface area contributed by atoms with E-state index in [9.17, 15) is 0 Å². The monoisotopic (exact) mass is 724 g/mol. The Labute approximate surface area is 331 Å². The fraction of sp³-hybridized carbons (Fsp3) is 0.0189. The summed E-state index contributed by atoms with van der Waals surface area (Å²) in [7, 11) is 0. The largest absolute Gasteiger partial charge is 0.238 e. The molecule has 2 aliphatic carbocycles. The SMILES string of the molecule is [C-]#[N+]c1ccc2c(c1)-c1cc(-c3ccc(-c4nc(-c5ccccc5)nc(-c5ccc(-c6ccccc6)cc5)n4)cc3)ccc1C21c2ccccc2-c2ccccc21. The molecule has 4 nitrogen and oxygen atoms in total. The van der Waals surface area contributed by atoms with Crippen molar-refractivity contribution in [1.82, 2.24) is 15.0 Å². The number of nitrogens with zero attached hydrogens (tertiary/aromatic N) is 4. The van der Waals surface area contributed by atoms with E-state index in [0.29, 0.717) is 23.2 Å². The van der Waals surface area contributed by atoms with Crippen LogP contribution in [-0.2, 0) is 5.41 Å². The van der Waals surface area contributed by atoms with Gasteiger partial charge in [-0.2, -0.15) is 0 Å². The number of rotatable bonds is 5. The molecular formula is C53H32N4. The first kappa shape index (κ1) is 32.7. The van der Waals surface area contributed by atoms with Crippen molar-refractivity contribution in [3.05, 3.63) is 228 Å². The van der Waals surface area contributed by atoms with Gasteiger partial charge in [0.25, 0.3) is 0 Å². The first-order valence-corrected chi connectivity index (χ1v) is 19.1. The summed E-state index contributed by atoms with van der Waals surface area (Å²) in [6, 6.07) is 68.0. The van der Waals surface area contributed by atoms with Crippen LogP contribution in [-0.4, -0.2) is 15.0 Å². The second kappa shape index (κ2) is 12.9. The van der Waals surface area contributed by atoms with Crippen LogP contribution in [0.15, 0.2) is 194 Å². The first-order chi connectivity index (χ1) is 28.2. The van der Waals surface area contributed by atoms with Gasteiger partial charge < -0.3 is 0 Å². The second-order valence-corrected chi connectivity index (χ2v) is 14.6. The lowest BCUT2D eigenvalue weighted by atomic mass is 9.70. The third-order valence-corrected chi connectivity index (χ3v) is 11.6. The van der Waals surface area contributed by atoms with Gasteiger partial charge in [-0.3, -0.25) is 0 Å². The summed E-state index contributed by atoms with van der Waals surface area (Å²) < 4.78 is 0.